The van der Waals surface area contributed by atoms with Gasteiger partial charge in [-0.15, -0.1) is 0 Å². The van der Waals surface area contributed by atoms with E-state index in [-0.39, 0.29) is 11.9 Å². The van der Waals surface area contributed by atoms with Crippen LogP contribution < -0.4 is 9.47 Å². The van der Waals surface area contributed by atoms with Crippen molar-refractivity contribution in [3.05, 3.63) is 59.2 Å². The second-order valence-electron chi connectivity index (χ2n) is 6.31. The van der Waals surface area contributed by atoms with Crippen LogP contribution >= 0.6 is 0 Å². The van der Waals surface area contributed by atoms with Gasteiger partial charge in [-0.1, -0.05) is 24.3 Å². The van der Waals surface area contributed by atoms with E-state index < -0.39 is 0 Å². The Labute approximate surface area is 143 Å². The molecular formula is C20H23NO3. The first-order valence-corrected chi connectivity index (χ1v) is 8.31. The predicted octanol–water partition coefficient (Wildman–Crippen LogP) is 3.82. The van der Waals surface area contributed by atoms with E-state index in [1.807, 2.05) is 43.0 Å². The Morgan fingerprint density at radius 2 is 1.79 bits per heavy atom. The maximum absolute atomic E-state index is 13.0. The molecule has 0 spiro atoms. The monoisotopic (exact) mass is 325 g/mol. The number of hydrogen-bond acceptors (Lipinski definition) is 3. The summed E-state index contributed by atoms with van der Waals surface area (Å²) in [5.41, 5.74) is 2.98. The molecule has 0 saturated carbocycles. The van der Waals surface area contributed by atoms with Crippen LogP contribution in [0.2, 0.25) is 0 Å². The minimum atomic E-state index is 0.00484. The Morgan fingerprint density at radius 3 is 2.50 bits per heavy atom. The van der Waals surface area contributed by atoms with Gasteiger partial charge < -0.3 is 14.4 Å². The lowest BCUT2D eigenvalue weighted by atomic mass is 10.1. The van der Waals surface area contributed by atoms with Gasteiger partial charge in [0.1, 0.15) is 13.2 Å². The van der Waals surface area contributed by atoms with Gasteiger partial charge in [-0.2, -0.15) is 0 Å². The Balaban J connectivity index is 1.86. The van der Waals surface area contributed by atoms with Crippen LogP contribution in [0.25, 0.3) is 0 Å². The standard InChI is InChI=1S/C20H23NO3/c1-14(2)21(13-17-7-5-4-6-15(17)3)20(22)16-8-9-18-19(12-16)24-11-10-23-18/h4-9,12,14H,10-11,13H2,1-3H3. The Morgan fingerprint density at radius 1 is 1.08 bits per heavy atom. The number of benzene rings is 2. The largest absolute Gasteiger partial charge is 0.486 e. The molecule has 126 valence electrons. The molecule has 4 nitrogen and oxygen atoms in total. The van der Waals surface area contributed by atoms with Crippen molar-refractivity contribution in [1.82, 2.24) is 4.90 Å². The molecular weight excluding hydrogens is 302 g/mol. The number of aryl methyl sites for hydroxylation is 1. The highest BCUT2D eigenvalue weighted by Crippen LogP contribution is 2.31. The van der Waals surface area contributed by atoms with Crippen molar-refractivity contribution >= 4 is 5.91 Å². The third-order valence-electron chi connectivity index (χ3n) is 4.28. The van der Waals surface area contributed by atoms with Crippen LogP contribution in [-0.4, -0.2) is 30.1 Å². The molecule has 0 aliphatic carbocycles. The average Bonchev–Trinajstić information content (AvgIpc) is 2.59. The number of fused-ring (bicyclic) bond motifs is 1. The van der Waals surface area contributed by atoms with Crippen molar-refractivity contribution < 1.29 is 14.3 Å². The van der Waals surface area contributed by atoms with Crippen LogP contribution in [0.5, 0.6) is 11.5 Å². The quantitative estimate of drug-likeness (QED) is 0.858. The van der Waals surface area contributed by atoms with Gasteiger partial charge in [0.15, 0.2) is 11.5 Å². The van der Waals surface area contributed by atoms with E-state index in [0.717, 1.165) is 5.56 Å². The van der Waals surface area contributed by atoms with Crippen molar-refractivity contribution in [2.24, 2.45) is 0 Å². The number of hydrogen-bond donors (Lipinski definition) is 0. The topological polar surface area (TPSA) is 38.8 Å². The van der Waals surface area contributed by atoms with E-state index in [4.69, 9.17) is 9.47 Å². The first-order chi connectivity index (χ1) is 11.6. The van der Waals surface area contributed by atoms with Crippen molar-refractivity contribution in [1.29, 1.82) is 0 Å². The molecule has 0 fully saturated rings. The van der Waals surface area contributed by atoms with Gasteiger partial charge in [-0.05, 0) is 50.1 Å². The number of nitrogens with zero attached hydrogens (tertiary/aromatic N) is 1. The maximum atomic E-state index is 13.0. The fraction of sp³-hybridized carbons (Fsp3) is 0.350. The SMILES string of the molecule is Cc1ccccc1CN(C(=O)c1ccc2c(c1)OCCO2)C(C)C. The molecule has 4 heteroatoms. The Bertz CT molecular complexity index is 739. The van der Waals surface area contributed by atoms with Crippen LogP contribution in [0.1, 0.15) is 35.3 Å². The highest BCUT2D eigenvalue weighted by Gasteiger charge is 2.22. The van der Waals surface area contributed by atoms with Gasteiger partial charge in [0.25, 0.3) is 5.91 Å². The van der Waals surface area contributed by atoms with Gasteiger partial charge in [-0.3, -0.25) is 4.79 Å². The number of carbonyl (C=O) groups excluding carboxylic acids is 1. The van der Waals surface area contributed by atoms with E-state index >= 15 is 0 Å². The van der Waals surface area contributed by atoms with Gasteiger partial charge in [0, 0.05) is 18.2 Å². The van der Waals surface area contributed by atoms with Crippen molar-refractivity contribution in [2.45, 2.75) is 33.4 Å². The zero-order valence-electron chi connectivity index (χ0n) is 14.4. The highest BCUT2D eigenvalue weighted by atomic mass is 16.6. The van der Waals surface area contributed by atoms with Crippen LogP contribution in [0, 0.1) is 6.92 Å². The van der Waals surface area contributed by atoms with Crippen LogP contribution in [0.3, 0.4) is 0 Å². The predicted molar refractivity (Wildman–Crippen MR) is 93.6 cm³/mol. The molecule has 1 amide bonds. The molecule has 3 rings (SSSR count). The normalized spacial score (nSPS) is 13.0. The zero-order chi connectivity index (χ0) is 17.1. The average molecular weight is 325 g/mol. The molecule has 0 radical (unpaired) electrons. The summed E-state index contributed by atoms with van der Waals surface area (Å²) in [6, 6.07) is 13.7. The Hall–Kier alpha value is -2.49. The molecule has 0 N–H and O–H groups in total. The highest BCUT2D eigenvalue weighted by molar-refractivity contribution is 5.95. The van der Waals surface area contributed by atoms with Gasteiger partial charge >= 0.3 is 0 Å². The van der Waals surface area contributed by atoms with Crippen molar-refractivity contribution in [2.75, 3.05) is 13.2 Å². The number of amides is 1. The second kappa shape index (κ2) is 6.95. The lowest BCUT2D eigenvalue weighted by molar-refractivity contribution is 0.0689. The molecule has 0 saturated heterocycles. The lowest BCUT2D eigenvalue weighted by Gasteiger charge is -2.28. The summed E-state index contributed by atoms with van der Waals surface area (Å²) < 4.78 is 11.1. The van der Waals surface area contributed by atoms with Crippen LogP contribution in [-0.2, 0) is 6.54 Å². The summed E-state index contributed by atoms with van der Waals surface area (Å²) >= 11 is 0. The molecule has 2 aromatic rings. The van der Waals surface area contributed by atoms with Gasteiger partial charge in [0.05, 0.1) is 0 Å². The fourth-order valence-corrected chi connectivity index (χ4v) is 2.80. The van der Waals surface area contributed by atoms with Gasteiger partial charge in [0.2, 0.25) is 0 Å². The molecule has 1 aliphatic rings. The number of ether oxygens (including phenoxy) is 2. The lowest BCUT2D eigenvalue weighted by Crippen LogP contribution is -2.36. The van der Waals surface area contributed by atoms with Gasteiger partial charge in [-0.25, -0.2) is 0 Å². The molecule has 0 aromatic heterocycles. The van der Waals surface area contributed by atoms with Crippen molar-refractivity contribution in [3.8, 4) is 11.5 Å². The fourth-order valence-electron chi connectivity index (χ4n) is 2.80. The number of carbonyl (C=O) groups is 1. The third kappa shape index (κ3) is 3.37. The van der Waals surface area contributed by atoms with E-state index in [1.54, 1.807) is 6.07 Å². The van der Waals surface area contributed by atoms with Crippen LogP contribution in [0.15, 0.2) is 42.5 Å². The first kappa shape index (κ1) is 16.4. The third-order valence-corrected chi connectivity index (χ3v) is 4.28. The molecule has 1 heterocycles. The molecule has 2 aromatic carbocycles. The smallest absolute Gasteiger partial charge is 0.254 e. The van der Waals surface area contributed by atoms with E-state index in [0.29, 0.717) is 36.8 Å². The summed E-state index contributed by atoms with van der Waals surface area (Å²) in [5, 5.41) is 0. The van der Waals surface area contributed by atoms with E-state index in [2.05, 4.69) is 19.1 Å². The zero-order valence-corrected chi connectivity index (χ0v) is 14.4. The molecule has 0 bridgehead atoms. The van der Waals surface area contributed by atoms with Crippen LogP contribution in [0.4, 0.5) is 0 Å². The second-order valence-corrected chi connectivity index (χ2v) is 6.31. The summed E-state index contributed by atoms with van der Waals surface area (Å²) in [6.07, 6.45) is 0. The van der Waals surface area contributed by atoms with Crippen molar-refractivity contribution in [3.63, 3.8) is 0 Å². The first-order valence-electron chi connectivity index (χ1n) is 8.31. The van der Waals surface area contributed by atoms with E-state index in [9.17, 15) is 4.79 Å². The molecule has 24 heavy (non-hydrogen) atoms. The maximum Gasteiger partial charge on any atom is 0.254 e. The minimum Gasteiger partial charge on any atom is -0.486 e. The summed E-state index contributed by atoms with van der Waals surface area (Å²) in [4.78, 5) is 14.9. The molecule has 1 aliphatic heterocycles. The van der Waals surface area contributed by atoms with E-state index in [1.165, 1.54) is 5.56 Å². The molecule has 0 unspecified atom stereocenters. The minimum absolute atomic E-state index is 0.00484. The number of rotatable bonds is 4. The molecule has 0 atom stereocenters. The summed E-state index contributed by atoms with van der Waals surface area (Å²) in [7, 11) is 0. The summed E-state index contributed by atoms with van der Waals surface area (Å²) in [5.74, 6) is 1.35. The Kier molecular flexibility index (Phi) is 4.74. The summed E-state index contributed by atoms with van der Waals surface area (Å²) in [6.45, 7) is 7.80.